The van der Waals surface area contributed by atoms with Gasteiger partial charge in [-0.15, -0.1) is 11.3 Å². The molecule has 1 amide bonds. The summed E-state index contributed by atoms with van der Waals surface area (Å²) in [5, 5.41) is 3.79. The van der Waals surface area contributed by atoms with Crippen molar-refractivity contribution in [2.75, 3.05) is 13.7 Å². The summed E-state index contributed by atoms with van der Waals surface area (Å²) in [7, 11) is 1.31. The summed E-state index contributed by atoms with van der Waals surface area (Å²) in [6.45, 7) is 4.56. The number of nitrogens with zero attached hydrogens (tertiary/aromatic N) is 1. The third-order valence-corrected chi connectivity index (χ3v) is 3.65. The van der Waals surface area contributed by atoms with Crippen LogP contribution in [-0.2, 0) is 20.7 Å². The van der Waals surface area contributed by atoms with Crippen molar-refractivity contribution in [3.8, 4) is 0 Å². The van der Waals surface area contributed by atoms with Gasteiger partial charge in [-0.05, 0) is 13.8 Å². The average Bonchev–Trinajstić information content (AvgIpc) is 2.65. The highest BCUT2D eigenvalue weighted by Crippen LogP contribution is 2.16. The largest absolute Gasteiger partial charge is 0.469 e. The highest BCUT2D eigenvalue weighted by molar-refractivity contribution is 7.11. The first-order valence-corrected chi connectivity index (χ1v) is 6.61. The van der Waals surface area contributed by atoms with Crippen molar-refractivity contribution in [2.45, 2.75) is 33.1 Å². The predicted molar refractivity (Wildman–Crippen MR) is 69.6 cm³/mol. The molecule has 0 aromatic carbocycles. The van der Waals surface area contributed by atoms with Gasteiger partial charge in [-0.2, -0.15) is 0 Å². The van der Waals surface area contributed by atoms with Gasteiger partial charge >= 0.3 is 5.97 Å². The molecule has 1 N–H and O–H groups in total. The first kappa shape index (κ1) is 14.6. The molecule has 0 fully saturated rings. The summed E-state index contributed by atoms with van der Waals surface area (Å²) in [5.74, 6) is -0.498. The summed E-state index contributed by atoms with van der Waals surface area (Å²) in [5.41, 5.74) is 1.05. The minimum atomic E-state index is -0.365. The molecule has 1 aromatic rings. The molecule has 1 rings (SSSR count). The normalized spacial score (nSPS) is 10.2. The fraction of sp³-hybridized carbons (Fsp3) is 0.583. The first-order valence-electron chi connectivity index (χ1n) is 5.79. The molecule has 0 aliphatic carbocycles. The lowest BCUT2D eigenvalue weighted by atomic mass is 10.3. The Kier molecular flexibility index (Phi) is 5.77. The maximum absolute atomic E-state index is 11.4. The number of aromatic nitrogens is 1. The van der Waals surface area contributed by atoms with E-state index in [0.29, 0.717) is 6.54 Å². The van der Waals surface area contributed by atoms with E-state index in [-0.39, 0.29) is 24.7 Å². The Hall–Kier alpha value is -1.43. The fourth-order valence-corrected chi connectivity index (χ4v) is 2.29. The lowest BCUT2D eigenvalue weighted by molar-refractivity contribution is -0.142. The van der Waals surface area contributed by atoms with Crippen molar-refractivity contribution in [1.29, 1.82) is 0 Å². The molecule has 18 heavy (non-hydrogen) atoms. The third-order valence-electron chi connectivity index (χ3n) is 2.52. The molecule has 0 atom stereocenters. The Labute approximate surface area is 111 Å². The number of amides is 1. The van der Waals surface area contributed by atoms with Gasteiger partial charge in [0, 0.05) is 24.3 Å². The van der Waals surface area contributed by atoms with Gasteiger partial charge in [0.05, 0.1) is 24.2 Å². The van der Waals surface area contributed by atoms with E-state index < -0.39 is 0 Å². The van der Waals surface area contributed by atoms with E-state index in [2.05, 4.69) is 15.0 Å². The number of ether oxygens (including phenoxy) is 1. The number of nitrogens with one attached hydrogen (secondary N) is 1. The molecule has 0 spiro atoms. The van der Waals surface area contributed by atoms with Crippen LogP contribution in [0.25, 0.3) is 0 Å². The van der Waals surface area contributed by atoms with Crippen LogP contribution in [0.4, 0.5) is 0 Å². The van der Waals surface area contributed by atoms with Crippen LogP contribution in [-0.4, -0.2) is 30.5 Å². The molecule has 100 valence electrons. The first-order chi connectivity index (χ1) is 8.52. The molecule has 5 nitrogen and oxygen atoms in total. The molecule has 0 saturated carbocycles. The number of hydrogen-bond donors (Lipinski definition) is 1. The molecule has 1 heterocycles. The van der Waals surface area contributed by atoms with Crippen molar-refractivity contribution in [3.05, 3.63) is 15.6 Å². The molecule has 0 unspecified atom stereocenters. The zero-order chi connectivity index (χ0) is 13.5. The summed E-state index contributed by atoms with van der Waals surface area (Å²) in [6.07, 6.45) is 1.02. The quantitative estimate of drug-likeness (QED) is 0.793. The molecule has 0 saturated heterocycles. The van der Waals surface area contributed by atoms with Gasteiger partial charge in [-0.3, -0.25) is 9.59 Å². The zero-order valence-electron chi connectivity index (χ0n) is 10.9. The number of hydrogen-bond acceptors (Lipinski definition) is 5. The molecule has 0 aliphatic heterocycles. The number of aryl methyl sites for hydroxylation is 2. The summed E-state index contributed by atoms with van der Waals surface area (Å²) in [4.78, 5) is 27.8. The number of carbonyl (C=O) groups is 2. The van der Waals surface area contributed by atoms with Crippen LogP contribution < -0.4 is 5.32 Å². The second-order valence-corrected chi connectivity index (χ2v) is 5.21. The smallest absolute Gasteiger partial charge is 0.306 e. The summed E-state index contributed by atoms with van der Waals surface area (Å²) in [6, 6.07) is 0. The van der Waals surface area contributed by atoms with Gasteiger partial charge in [0.1, 0.15) is 0 Å². The average molecular weight is 270 g/mol. The summed E-state index contributed by atoms with van der Waals surface area (Å²) >= 11 is 1.65. The number of esters is 1. The van der Waals surface area contributed by atoms with Gasteiger partial charge < -0.3 is 10.1 Å². The van der Waals surface area contributed by atoms with Crippen LogP contribution in [0.5, 0.6) is 0 Å². The van der Waals surface area contributed by atoms with E-state index in [1.165, 1.54) is 12.0 Å². The predicted octanol–water partition coefficient (Wildman–Crippen LogP) is 1.37. The lowest BCUT2D eigenvalue weighted by Gasteiger charge is -2.03. The minimum Gasteiger partial charge on any atom is -0.469 e. The van der Waals surface area contributed by atoms with Crippen molar-refractivity contribution in [3.63, 3.8) is 0 Å². The van der Waals surface area contributed by atoms with E-state index in [4.69, 9.17) is 0 Å². The maximum atomic E-state index is 11.4. The Morgan fingerprint density at radius 1 is 1.33 bits per heavy atom. The monoisotopic (exact) mass is 270 g/mol. The molecular formula is C12H18N2O3S. The van der Waals surface area contributed by atoms with E-state index in [1.807, 2.05) is 13.8 Å². The standard InChI is InChI=1S/C12H18N2O3S/c1-8-9(2)18-11(14-8)6-7-13-10(15)4-5-12(16)17-3/h4-7H2,1-3H3,(H,13,15). The van der Waals surface area contributed by atoms with Crippen LogP contribution in [0.2, 0.25) is 0 Å². The van der Waals surface area contributed by atoms with E-state index >= 15 is 0 Å². The Balaban J connectivity index is 2.21. The van der Waals surface area contributed by atoms with E-state index in [9.17, 15) is 9.59 Å². The Morgan fingerprint density at radius 2 is 2.06 bits per heavy atom. The van der Waals surface area contributed by atoms with Crippen LogP contribution in [0, 0.1) is 13.8 Å². The Morgan fingerprint density at radius 3 is 2.61 bits per heavy atom. The fourth-order valence-electron chi connectivity index (χ4n) is 1.36. The summed E-state index contributed by atoms with van der Waals surface area (Å²) < 4.78 is 4.46. The van der Waals surface area contributed by atoms with Crippen LogP contribution in [0.15, 0.2) is 0 Å². The molecule has 0 aliphatic rings. The Bertz CT molecular complexity index is 409. The lowest BCUT2D eigenvalue weighted by Crippen LogP contribution is -2.26. The van der Waals surface area contributed by atoms with Crippen LogP contribution >= 0.6 is 11.3 Å². The number of thiazole rings is 1. The molecule has 0 radical (unpaired) electrons. The molecule has 6 heteroatoms. The SMILES string of the molecule is COC(=O)CCC(=O)NCCc1nc(C)c(C)s1. The van der Waals surface area contributed by atoms with Crippen molar-refractivity contribution >= 4 is 23.2 Å². The molecule has 0 bridgehead atoms. The van der Waals surface area contributed by atoms with Gasteiger partial charge in [0.25, 0.3) is 0 Å². The van der Waals surface area contributed by atoms with Crippen molar-refractivity contribution in [2.24, 2.45) is 0 Å². The number of carbonyl (C=O) groups excluding carboxylic acids is 2. The highest BCUT2D eigenvalue weighted by atomic mass is 32.1. The number of methoxy groups -OCH3 is 1. The van der Waals surface area contributed by atoms with E-state index in [1.54, 1.807) is 11.3 Å². The van der Waals surface area contributed by atoms with Crippen molar-refractivity contribution in [1.82, 2.24) is 10.3 Å². The highest BCUT2D eigenvalue weighted by Gasteiger charge is 2.07. The minimum absolute atomic E-state index is 0.123. The van der Waals surface area contributed by atoms with Crippen LogP contribution in [0.3, 0.4) is 0 Å². The zero-order valence-corrected chi connectivity index (χ0v) is 11.7. The molecular weight excluding hydrogens is 252 g/mol. The van der Waals surface area contributed by atoms with Gasteiger partial charge in [-0.1, -0.05) is 0 Å². The van der Waals surface area contributed by atoms with E-state index in [0.717, 1.165) is 17.1 Å². The topological polar surface area (TPSA) is 68.3 Å². The second kappa shape index (κ2) is 7.10. The molecule has 1 aromatic heterocycles. The maximum Gasteiger partial charge on any atom is 0.306 e. The van der Waals surface area contributed by atoms with Crippen molar-refractivity contribution < 1.29 is 14.3 Å². The van der Waals surface area contributed by atoms with Gasteiger partial charge in [0.2, 0.25) is 5.91 Å². The third kappa shape index (κ3) is 4.83. The van der Waals surface area contributed by atoms with Crippen LogP contribution in [0.1, 0.15) is 28.4 Å². The van der Waals surface area contributed by atoms with Gasteiger partial charge in [-0.25, -0.2) is 4.98 Å². The number of rotatable bonds is 6. The van der Waals surface area contributed by atoms with Gasteiger partial charge in [0.15, 0.2) is 0 Å². The second-order valence-electron chi connectivity index (χ2n) is 3.93.